The standard InChI is InChI=1S/C16H26N2O3/c1-4-15(2)13(19)17-16(3,11-7-8-11)14(20)18(15)10-12-6-5-9-21-12/h11-12H,4-10H2,1-3H3,(H,17,19). The maximum Gasteiger partial charge on any atom is 0.249 e. The number of carbonyl (C=O) groups excluding carboxylic acids is 2. The Morgan fingerprint density at radius 1 is 1.29 bits per heavy atom. The normalized spacial score (nSPS) is 40.5. The van der Waals surface area contributed by atoms with Gasteiger partial charge in [0.1, 0.15) is 11.1 Å². The van der Waals surface area contributed by atoms with E-state index in [1.165, 1.54) is 0 Å². The molecule has 0 bridgehead atoms. The molecule has 2 aliphatic heterocycles. The molecule has 5 nitrogen and oxygen atoms in total. The summed E-state index contributed by atoms with van der Waals surface area (Å²) < 4.78 is 5.70. The number of ether oxygens (including phenoxy) is 1. The van der Waals surface area contributed by atoms with Crippen LogP contribution < -0.4 is 5.32 Å². The number of hydrogen-bond donors (Lipinski definition) is 1. The first kappa shape index (κ1) is 14.8. The van der Waals surface area contributed by atoms with Gasteiger partial charge in [0.2, 0.25) is 11.8 Å². The van der Waals surface area contributed by atoms with E-state index in [1.54, 1.807) is 4.90 Å². The van der Waals surface area contributed by atoms with E-state index in [-0.39, 0.29) is 17.9 Å². The van der Waals surface area contributed by atoms with E-state index in [0.717, 1.165) is 32.3 Å². The fourth-order valence-corrected chi connectivity index (χ4v) is 3.62. The molecule has 0 aromatic carbocycles. The number of rotatable bonds is 4. The molecule has 0 aromatic heterocycles. The Morgan fingerprint density at radius 3 is 2.52 bits per heavy atom. The molecule has 2 saturated heterocycles. The molecule has 0 aromatic rings. The lowest BCUT2D eigenvalue weighted by molar-refractivity contribution is -0.164. The zero-order valence-corrected chi connectivity index (χ0v) is 13.3. The first-order chi connectivity index (χ1) is 9.91. The van der Waals surface area contributed by atoms with Gasteiger partial charge in [0.25, 0.3) is 0 Å². The van der Waals surface area contributed by atoms with Crippen molar-refractivity contribution in [2.45, 2.75) is 70.1 Å². The number of hydrogen-bond acceptors (Lipinski definition) is 3. The van der Waals surface area contributed by atoms with Crippen LogP contribution in [0.5, 0.6) is 0 Å². The zero-order chi connectivity index (χ0) is 15.3. The van der Waals surface area contributed by atoms with Crippen LogP contribution in [0.25, 0.3) is 0 Å². The summed E-state index contributed by atoms with van der Waals surface area (Å²) in [6.45, 7) is 7.04. The second kappa shape index (κ2) is 4.97. The molecule has 3 aliphatic rings. The molecule has 0 radical (unpaired) electrons. The minimum atomic E-state index is -0.753. The van der Waals surface area contributed by atoms with Crippen LogP contribution in [0.3, 0.4) is 0 Å². The summed E-state index contributed by atoms with van der Waals surface area (Å²) in [5.41, 5.74) is -1.47. The van der Waals surface area contributed by atoms with Crippen molar-refractivity contribution in [2.24, 2.45) is 5.92 Å². The lowest BCUT2D eigenvalue weighted by Crippen LogP contribution is -2.75. The summed E-state index contributed by atoms with van der Waals surface area (Å²) >= 11 is 0. The Hall–Kier alpha value is -1.10. The van der Waals surface area contributed by atoms with Gasteiger partial charge in [-0.1, -0.05) is 6.92 Å². The minimum absolute atomic E-state index is 0.0167. The SMILES string of the molecule is CCC1(C)C(=O)NC(C)(C2CC2)C(=O)N1CC1CCCO1. The van der Waals surface area contributed by atoms with Gasteiger partial charge in [-0.25, -0.2) is 0 Å². The van der Waals surface area contributed by atoms with Crippen molar-refractivity contribution in [3.63, 3.8) is 0 Å². The summed E-state index contributed by atoms with van der Waals surface area (Å²) in [7, 11) is 0. The fraction of sp³-hybridized carbons (Fsp3) is 0.875. The van der Waals surface area contributed by atoms with Crippen molar-refractivity contribution in [1.82, 2.24) is 10.2 Å². The van der Waals surface area contributed by atoms with Gasteiger partial charge in [0.05, 0.1) is 6.10 Å². The van der Waals surface area contributed by atoms with E-state index in [4.69, 9.17) is 4.74 Å². The van der Waals surface area contributed by atoms with Gasteiger partial charge in [-0.2, -0.15) is 0 Å². The lowest BCUT2D eigenvalue weighted by atomic mass is 9.82. The third-order valence-corrected chi connectivity index (χ3v) is 5.64. The molecule has 1 N–H and O–H groups in total. The van der Waals surface area contributed by atoms with E-state index >= 15 is 0 Å². The Bertz CT molecular complexity index is 456. The van der Waals surface area contributed by atoms with E-state index in [0.29, 0.717) is 18.9 Å². The Balaban J connectivity index is 1.89. The molecule has 3 fully saturated rings. The van der Waals surface area contributed by atoms with Crippen LogP contribution in [0.15, 0.2) is 0 Å². The molecule has 1 aliphatic carbocycles. The summed E-state index contributed by atoms with van der Waals surface area (Å²) in [5.74, 6) is 0.351. The maximum atomic E-state index is 13.1. The molecular formula is C16H26N2O3. The van der Waals surface area contributed by atoms with E-state index in [9.17, 15) is 9.59 Å². The Labute approximate surface area is 126 Å². The first-order valence-electron chi connectivity index (χ1n) is 8.18. The lowest BCUT2D eigenvalue weighted by Gasteiger charge is -2.50. The molecule has 2 amide bonds. The minimum Gasteiger partial charge on any atom is -0.376 e. The van der Waals surface area contributed by atoms with E-state index in [2.05, 4.69) is 5.32 Å². The van der Waals surface area contributed by atoms with Gasteiger partial charge < -0.3 is 15.0 Å². The van der Waals surface area contributed by atoms with Crippen LogP contribution in [0, 0.1) is 5.92 Å². The molecule has 118 valence electrons. The average Bonchev–Trinajstić information content (AvgIpc) is 3.20. The fourth-order valence-electron chi connectivity index (χ4n) is 3.62. The number of nitrogens with zero attached hydrogens (tertiary/aromatic N) is 1. The molecular weight excluding hydrogens is 268 g/mol. The summed E-state index contributed by atoms with van der Waals surface area (Å²) in [6, 6.07) is 0. The molecule has 3 unspecified atom stereocenters. The largest absolute Gasteiger partial charge is 0.376 e. The summed E-state index contributed by atoms with van der Waals surface area (Å²) in [4.78, 5) is 27.6. The van der Waals surface area contributed by atoms with Crippen LogP contribution >= 0.6 is 0 Å². The molecule has 3 atom stereocenters. The number of carbonyl (C=O) groups is 2. The second-order valence-corrected chi connectivity index (χ2v) is 7.11. The number of amides is 2. The molecule has 1 saturated carbocycles. The smallest absolute Gasteiger partial charge is 0.249 e. The van der Waals surface area contributed by atoms with E-state index in [1.807, 2.05) is 20.8 Å². The van der Waals surface area contributed by atoms with Crippen LogP contribution in [-0.2, 0) is 14.3 Å². The zero-order valence-electron chi connectivity index (χ0n) is 13.3. The van der Waals surface area contributed by atoms with Crippen molar-refractivity contribution in [3.05, 3.63) is 0 Å². The third kappa shape index (κ3) is 2.26. The van der Waals surface area contributed by atoms with Gasteiger partial charge in [-0.3, -0.25) is 9.59 Å². The number of nitrogens with one attached hydrogen (secondary N) is 1. The molecule has 5 heteroatoms. The summed E-state index contributed by atoms with van der Waals surface area (Å²) in [6.07, 6.45) is 4.78. The van der Waals surface area contributed by atoms with E-state index < -0.39 is 11.1 Å². The number of piperazine rings is 1. The monoisotopic (exact) mass is 294 g/mol. The van der Waals surface area contributed by atoms with Crippen LogP contribution in [0.2, 0.25) is 0 Å². The van der Waals surface area contributed by atoms with Crippen molar-refractivity contribution < 1.29 is 14.3 Å². The van der Waals surface area contributed by atoms with Crippen molar-refractivity contribution in [2.75, 3.05) is 13.2 Å². The Morgan fingerprint density at radius 2 is 2.00 bits per heavy atom. The highest BCUT2D eigenvalue weighted by molar-refractivity contribution is 6.02. The molecule has 2 heterocycles. The highest BCUT2D eigenvalue weighted by Crippen LogP contribution is 2.44. The van der Waals surface area contributed by atoms with Crippen molar-refractivity contribution in [3.8, 4) is 0 Å². The van der Waals surface area contributed by atoms with Gasteiger partial charge in [0, 0.05) is 13.2 Å². The van der Waals surface area contributed by atoms with Gasteiger partial charge >= 0.3 is 0 Å². The highest BCUT2D eigenvalue weighted by atomic mass is 16.5. The van der Waals surface area contributed by atoms with Crippen molar-refractivity contribution in [1.29, 1.82) is 0 Å². The van der Waals surface area contributed by atoms with Crippen LogP contribution in [0.1, 0.15) is 52.9 Å². The van der Waals surface area contributed by atoms with Crippen LogP contribution in [-0.4, -0.2) is 47.0 Å². The Kier molecular flexibility index (Phi) is 3.51. The quantitative estimate of drug-likeness (QED) is 0.854. The topological polar surface area (TPSA) is 58.6 Å². The van der Waals surface area contributed by atoms with Crippen LogP contribution in [0.4, 0.5) is 0 Å². The van der Waals surface area contributed by atoms with Gasteiger partial charge in [0.15, 0.2) is 0 Å². The molecule has 0 spiro atoms. The predicted octanol–water partition coefficient (Wildman–Crippen LogP) is 1.46. The highest BCUT2D eigenvalue weighted by Gasteiger charge is 2.59. The van der Waals surface area contributed by atoms with Crippen molar-refractivity contribution >= 4 is 11.8 Å². The third-order valence-electron chi connectivity index (χ3n) is 5.64. The second-order valence-electron chi connectivity index (χ2n) is 7.11. The molecule has 21 heavy (non-hydrogen) atoms. The first-order valence-corrected chi connectivity index (χ1v) is 8.18. The predicted molar refractivity (Wildman–Crippen MR) is 78.7 cm³/mol. The summed E-state index contributed by atoms with van der Waals surface area (Å²) in [5, 5.41) is 3.03. The average molecular weight is 294 g/mol. The van der Waals surface area contributed by atoms with Gasteiger partial charge in [-0.05, 0) is 51.9 Å². The van der Waals surface area contributed by atoms with Gasteiger partial charge in [-0.15, -0.1) is 0 Å². The molecule has 3 rings (SSSR count). The maximum absolute atomic E-state index is 13.1.